The van der Waals surface area contributed by atoms with Gasteiger partial charge < -0.3 is 14.4 Å². The molecule has 0 unspecified atom stereocenters. The van der Waals surface area contributed by atoms with Crippen LogP contribution in [0.1, 0.15) is 82.3 Å². The van der Waals surface area contributed by atoms with E-state index >= 15 is 0 Å². The van der Waals surface area contributed by atoms with Gasteiger partial charge in [0.2, 0.25) is 0 Å². The molecule has 0 amide bonds. The maximum Gasteiger partial charge on any atom is 0.0491 e. The second-order valence-electron chi connectivity index (χ2n) is 11.2. The average molecular weight is 510 g/mol. The van der Waals surface area contributed by atoms with E-state index in [-0.39, 0.29) is 12.4 Å². The van der Waals surface area contributed by atoms with E-state index in [1.165, 1.54) is 149 Å². The molecule has 2 saturated heterocycles. The van der Waals surface area contributed by atoms with Crippen LogP contribution in [0.3, 0.4) is 0 Å². The predicted octanol–water partition coefficient (Wildman–Crippen LogP) is 7.85. The van der Waals surface area contributed by atoms with Crippen molar-refractivity contribution in [1.82, 2.24) is 14.4 Å². The average Bonchev–Trinajstić information content (AvgIpc) is 3.22. The molecular formula is C32H48ClN3. The highest BCUT2D eigenvalue weighted by Gasteiger charge is 2.13. The summed E-state index contributed by atoms with van der Waals surface area (Å²) < 4.78 is 2.50. The van der Waals surface area contributed by atoms with Crippen molar-refractivity contribution in [2.45, 2.75) is 90.5 Å². The first kappa shape index (κ1) is 27.5. The molecule has 0 bridgehead atoms. The minimum atomic E-state index is 0. The first-order valence-corrected chi connectivity index (χ1v) is 14.8. The molecule has 1 aromatic heterocycles. The Kier molecular flexibility index (Phi) is 10.6. The van der Waals surface area contributed by atoms with Crippen molar-refractivity contribution in [2.75, 3.05) is 39.3 Å². The highest BCUT2D eigenvalue weighted by molar-refractivity contribution is 6.08. The zero-order valence-corrected chi connectivity index (χ0v) is 23.5. The van der Waals surface area contributed by atoms with Gasteiger partial charge in [-0.2, -0.15) is 0 Å². The number of hydrogen-bond acceptors (Lipinski definition) is 2. The summed E-state index contributed by atoms with van der Waals surface area (Å²) in [6.45, 7) is 11.2. The fourth-order valence-corrected chi connectivity index (χ4v) is 6.55. The highest BCUT2D eigenvalue weighted by atomic mass is 35.5. The lowest BCUT2D eigenvalue weighted by Crippen LogP contribution is -2.30. The van der Waals surface area contributed by atoms with Crippen LogP contribution in [0.25, 0.3) is 21.8 Å². The Morgan fingerprint density at radius 1 is 0.583 bits per heavy atom. The standard InChI is InChI=1S/C32H47N3.ClH/c1-2-35-31-17-15-27(13-5-11-23-33-19-7-3-8-20-33)25-29(31)30-26-28(16-18-32(30)35)14-6-12-24-34-21-9-4-10-22-34;/h15-18,25-26H,2-14,19-24H2,1H3;1H. The van der Waals surface area contributed by atoms with E-state index in [4.69, 9.17) is 0 Å². The SMILES string of the molecule is CCn1c2ccc(CCCCN3CCCCC3)cc2c2cc(CCCCN3CCCCC3)ccc21.Cl. The summed E-state index contributed by atoms with van der Waals surface area (Å²) in [5, 5.41) is 2.93. The van der Waals surface area contributed by atoms with Gasteiger partial charge in [0.25, 0.3) is 0 Å². The first-order chi connectivity index (χ1) is 17.3. The molecule has 36 heavy (non-hydrogen) atoms. The Bertz CT molecular complexity index is 993. The van der Waals surface area contributed by atoms with Crippen LogP contribution in [0, 0.1) is 0 Å². The molecule has 5 rings (SSSR count). The Morgan fingerprint density at radius 2 is 1.03 bits per heavy atom. The van der Waals surface area contributed by atoms with Gasteiger partial charge in [-0.25, -0.2) is 0 Å². The van der Waals surface area contributed by atoms with Gasteiger partial charge in [0.05, 0.1) is 0 Å². The van der Waals surface area contributed by atoms with Gasteiger partial charge in [-0.05, 0) is 146 Å². The van der Waals surface area contributed by atoms with Crippen molar-refractivity contribution in [3.05, 3.63) is 47.5 Å². The summed E-state index contributed by atoms with van der Waals surface area (Å²) in [5.74, 6) is 0. The summed E-state index contributed by atoms with van der Waals surface area (Å²) in [5.41, 5.74) is 5.83. The van der Waals surface area contributed by atoms with Gasteiger partial charge in [-0.1, -0.05) is 25.0 Å². The molecule has 3 nitrogen and oxygen atoms in total. The van der Waals surface area contributed by atoms with Crippen molar-refractivity contribution < 1.29 is 0 Å². The third-order valence-corrected chi connectivity index (χ3v) is 8.59. The lowest BCUT2D eigenvalue weighted by Gasteiger charge is -2.26. The summed E-state index contributed by atoms with van der Waals surface area (Å²) in [4.78, 5) is 5.35. The van der Waals surface area contributed by atoms with Gasteiger partial charge in [0.15, 0.2) is 0 Å². The molecular weight excluding hydrogens is 462 g/mol. The van der Waals surface area contributed by atoms with Crippen molar-refractivity contribution >= 4 is 34.2 Å². The van der Waals surface area contributed by atoms with E-state index in [1.54, 1.807) is 0 Å². The molecule has 198 valence electrons. The van der Waals surface area contributed by atoms with Crippen LogP contribution in [-0.2, 0) is 19.4 Å². The topological polar surface area (TPSA) is 11.4 Å². The normalized spacial score (nSPS) is 17.6. The fraction of sp³-hybridized carbons (Fsp3) is 0.625. The molecule has 0 atom stereocenters. The smallest absolute Gasteiger partial charge is 0.0491 e. The number of benzene rings is 2. The second-order valence-corrected chi connectivity index (χ2v) is 11.2. The number of halogens is 1. The zero-order chi connectivity index (χ0) is 23.9. The van der Waals surface area contributed by atoms with E-state index in [0.717, 1.165) is 6.54 Å². The minimum Gasteiger partial charge on any atom is -0.341 e. The molecule has 0 N–H and O–H groups in total. The van der Waals surface area contributed by atoms with Crippen molar-refractivity contribution in [3.63, 3.8) is 0 Å². The largest absolute Gasteiger partial charge is 0.341 e. The Balaban J connectivity index is 0.00000304. The number of nitrogens with zero attached hydrogens (tertiary/aromatic N) is 3. The molecule has 3 heterocycles. The van der Waals surface area contributed by atoms with Crippen LogP contribution < -0.4 is 0 Å². The molecule has 3 aromatic rings. The van der Waals surface area contributed by atoms with Gasteiger partial charge in [-0.3, -0.25) is 0 Å². The van der Waals surface area contributed by atoms with E-state index in [0.29, 0.717) is 0 Å². The van der Waals surface area contributed by atoms with Gasteiger partial charge in [-0.15, -0.1) is 12.4 Å². The first-order valence-electron chi connectivity index (χ1n) is 14.8. The molecule has 2 aliphatic rings. The number of aromatic nitrogens is 1. The number of hydrogen-bond donors (Lipinski definition) is 0. The third kappa shape index (κ3) is 6.85. The lowest BCUT2D eigenvalue weighted by molar-refractivity contribution is 0.225. The number of aryl methyl sites for hydroxylation is 3. The van der Waals surface area contributed by atoms with Crippen LogP contribution in [0.5, 0.6) is 0 Å². The predicted molar refractivity (Wildman–Crippen MR) is 159 cm³/mol. The molecule has 0 radical (unpaired) electrons. The van der Waals surface area contributed by atoms with Crippen molar-refractivity contribution in [3.8, 4) is 0 Å². The molecule has 0 spiro atoms. The van der Waals surface area contributed by atoms with Crippen LogP contribution >= 0.6 is 12.4 Å². The zero-order valence-electron chi connectivity index (χ0n) is 22.6. The Hall–Kier alpha value is -1.55. The van der Waals surface area contributed by atoms with Gasteiger partial charge in [0.1, 0.15) is 0 Å². The highest BCUT2D eigenvalue weighted by Crippen LogP contribution is 2.31. The minimum absolute atomic E-state index is 0. The molecule has 0 saturated carbocycles. The van der Waals surface area contributed by atoms with Crippen LogP contribution in [0.2, 0.25) is 0 Å². The number of piperidine rings is 2. The lowest BCUT2D eigenvalue weighted by atomic mass is 10.0. The number of likely N-dealkylation sites (tertiary alicyclic amines) is 2. The number of rotatable bonds is 11. The van der Waals surface area contributed by atoms with E-state index in [9.17, 15) is 0 Å². The molecule has 0 aliphatic carbocycles. The maximum absolute atomic E-state index is 2.68. The number of fused-ring (bicyclic) bond motifs is 3. The van der Waals surface area contributed by atoms with Gasteiger partial charge in [0, 0.05) is 28.4 Å². The van der Waals surface area contributed by atoms with Gasteiger partial charge >= 0.3 is 0 Å². The Labute approximate surface area is 225 Å². The van der Waals surface area contributed by atoms with E-state index < -0.39 is 0 Å². The van der Waals surface area contributed by atoms with Crippen LogP contribution in [0.4, 0.5) is 0 Å². The molecule has 2 fully saturated rings. The van der Waals surface area contributed by atoms with E-state index in [2.05, 4.69) is 57.7 Å². The second kappa shape index (κ2) is 13.8. The van der Waals surface area contributed by atoms with E-state index in [1.807, 2.05) is 0 Å². The van der Waals surface area contributed by atoms with Crippen LogP contribution in [0.15, 0.2) is 36.4 Å². The summed E-state index contributed by atoms with van der Waals surface area (Å²) in [6.07, 6.45) is 16.1. The fourth-order valence-electron chi connectivity index (χ4n) is 6.55. The Morgan fingerprint density at radius 3 is 1.44 bits per heavy atom. The summed E-state index contributed by atoms with van der Waals surface area (Å²) in [6, 6.07) is 14.6. The molecule has 2 aromatic carbocycles. The van der Waals surface area contributed by atoms with Crippen LogP contribution in [-0.4, -0.2) is 53.6 Å². The summed E-state index contributed by atoms with van der Waals surface area (Å²) in [7, 11) is 0. The quantitative estimate of drug-likeness (QED) is 0.244. The monoisotopic (exact) mass is 509 g/mol. The number of unbranched alkanes of at least 4 members (excludes halogenated alkanes) is 2. The van der Waals surface area contributed by atoms with Crippen molar-refractivity contribution in [1.29, 1.82) is 0 Å². The van der Waals surface area contributed by atoms with Crippen molar-refractivity contribution in [2.24, 2.45) is 0 Å². The molecule has 2 aliphatic heterocycles. The third-order valence-electron chi connectivity index (χ3n) is 8.59. The molecule has 4 heteroatoms. The maximum atomic E-state index is 2.68. The summed E-state index contributed by atoms with van der Waals surface area (Å²) >= 11 is 0.